The number of allylic oxidation sites excluding steroid dienone is 5. The van der Waals surface area contributed by atoms with Crippen molar-refractivity contribution in [2.45, 2.75) is 386 Å². The highest BCUT2D eigenvalue weighted by molar-refractivity contribution is 5.76. The number of aliphatic hydroxyl groups is 2. The Morgan fingerprint density at radius 2 is 0.618 bits per heavy atom. The Hall–Kier alpha value is -1.92. The van der Waals surface area contributed by atoms with Gasteiger partial charge in [0.15, 0.2) is 0 Å². The summed E-state index contributed by atoms with van der Waals surface area (Å²) in [6.07, 6.45) is 83.5. The van der Waals surface area contributed by atoms with Crippen LogP contribution in [-0.4, -0.2) is 47.4 Å². The third-order valence-electron chi connectivity index (χ3n) is 15.9. The predicted octanol–water partition coefficient (Wildman–Crippen LogP) is 21.9. The molecular formula is C70H133NO5. The van der Waals surface area contributed by atoms with Gasteiger partial charge in [-0.2, -0.15) is 0 Å². The molecule has 76 heavy (non-hydrogen) atoms. The molecule has 0 spiro atoms. The minimum absolute atomic E-state index is 0.00695. The van der Waals surface area contributed by atoms with Crippen molar-refractivity contribution in [1.82, 2.24) is 5.32 Å². The van der Waals surface area contributed by atoms with Gasteiger partial charge in [-0.15, -0.1) is 0 Å². The number of hydrogen-bond donors (Lipinski definition) is 3. The molecule has 0 radical (unpaired) electrons. The van der Waals surface area contributed by atoms with E-state index in [4.69, 9.17) is 4.74 Å². The molecule has 0 saturated carbocycles. The lowest BCUT2D eigenvalue weighted by atomic mass is 10.0. The van der Waals surface area contributed by atoms with Gasteiger partial charge in [0.25, 0.3) is 0 Å². The van der Waals surface area contributed by atoms with Crippen LogP contribution in [0.5, 0.6) is 0 Å². The third-order valence-corrected chi connectivity index (χ3v) is 15.9. The van der Waals surface area contributed by atoms with Crippen molar-refractivity contribution in [3.8, 4) is 0 Å². The maximum Gasteiger partial charge on any atom is 0.305 e. The van der Waals surface area contributed by atoms with Gasteiger partial charge >= 0.3 is 5.97 Å². The van der Waals surface area contributed by atoms with E-state index in [0.717, 1.165) is 51.4 Å². The van der Waals surface area contributed by atoms with E-state index < -0.39 is 12.1 Å². The van der Waals surface area contributed by atoms with Crippen LogP contribution >= 0.6 is 0 Å². The number of nitrogens with one attached hydrogen (secondary N) is 1. The summed E-state index contributed by atoms with van der Waals surface area (Å²) in [5.41, 5.74) is 0. The van der Waals surface area contributed by atoms with Crippen molar-refractivity contribution in [3.63, 3.8) is 0 Å². The van der Waals surface area contributed by atoms with E-state index in [1.54, 1.807) is 6.08 Å². The average molecular weight is 1070 g/mol. The number of carbonyl (C=O) groups is 2. The van der Waals surface area contributed by atoms with E-state index in [-0.39, 0.29) is 18.5 Å². The van der Waals surface area contributed by atoms with Crippen LogP contribution in [0.4, 0.5) is 0 Å². The second-order valence-electron chi connectivity index (χ2n) is 23.5. The van der Waals surface area contributed by atoms with Crippen molar-refractivity contribution in [1.29, 1.82) is 0 Å². The lowest BCUT2D eigenvalue weighted by Gasteiger charge is -2.20. The molecule has 6 heteroatoms. The highest BCUT2D eigenvalue weighted by Gasteiger charge is 2.18. The van der Waals surface area contributed by atoms with E-state index >= 15 is 0 Å². The first-order chi connectivity index (χ1) is 37.5. The number of aliphatic hydroxyl groups excluding tert-OH is 2. The van der Waals surface area contributed by atoms with Crippen LogP contribution < -0.4 is 5.32 Å². The summed E-state index contributed by atoms with van der Waals surface area (Å²) in [6.45, 7) is 4.92. The molecule has 1 amide bonds. The number of rotatable bonds is 64. The summed E-state index contributed by atoms with van der Waals surface area (Å²) in [6, 6.07) is -0.634. The van der Waals surface area contributed by atoms with Crippen LogP contribution in [0.15, 0.2) is 36.5 Å². The molecule has 0 saturated heterocycles. The molecule has 0 rings (SSSR count). The molecule has 2 atom stereocenters. The molecule has 0 aromatic rings. The quantitative estimate of drug-likeness (QED) is 0.0320. The topological polar surface area (TPSA) is 95.9 Å². The van der Waals surface area contributed by atoms with Gasteiger partial charge in [0.1, 0.15) is 0 Å². The molecule has 0 aliphatic heterocycles. The monoisotopic (exact) mass is 1070 g/mol. The van der Waals surface area contributed by atoms with Crippen LogP contribution in [0, 0.1) is 0 Å². The van der Waals surface area contributed by atoms with Crippen molar-refractivity contribution >= 4 is 11.9 Å². The average Bonchev–Trinajstić information content (AvgIpc) is 3.42. The zero-order valence-electron chi connectivity index (χ0n) is 51.3. The molecule has 448 valence electrons. The molecule has 0 heterocycles. The predicted molar refractivity (Wildman–Crippen MR) is 333 cm³/mol. The fourth-order valence-corrected chi connectivity index (χ4v) is 10.6. The Morgan fingerprint density at radius 1 is 0.355 bits per heavy atom. The Morgan fingerprint density at radius 3 is 0.934 bits per heavy atom. The summed E-state index contributed by atoms with van der Waals surface area (Å²) in [4.78, 5) is 24.6. The first kappa shape index (κ1) is 74.1. The Kier molecular flexibility index (Phi) is 63.9. The van der Waals surface area contributed by atoms with Gasteiger partial charge in [0, 0.05) is 12.8 Å². The molecule has 0 bridgehead atoms. The fourth-order valence-electron chi connectivity index (χ4n) is 10.6. The van der Waals surface area contributed by atoms with E-state index in [2.05, 4.69) is 43.5 Å². The van der Waals surface area contributed by atoms with Crippen LogP contribution in [0.2, 0.25) is 0 Å². The molecule has 0 aliphatic carbocycles. The summed E-state index contributed by atoms with van der Waals surface area (Å²) in [5.74, 6) is -0.0653. The van der Waals surface area contributed by atoms with Gasteiger partial charge in [0.05, 0.1) is 25.4 Å². The maximum atomic E-state index is 12.5. The zero-order chi connectivity index (χ0) is 55.0. The van der Waals surface area contributed by atoms with Crippen molar-refractivity contribution in [3.05, 3.63) is 36.5 Å². The first-order valence-corrected chi connectivity index (χ1v) is 34.3. The number of esters is 1. The Labute approximate surface area is 474 Å². The van der Waals surface area contributed by atoms with Crippen molar-refractivity contribution in [2.75, 3.05) is 13.2 Å². The summed E-state index contributed by atoms with van der Waals surface area (Å²) < 4.78 is 5.50. The van der Waals surface area contributed by atoms with E-state index in [0.29, 0.717) is 19.4 Å². The normalized spacial score (nSPS) is 12.7. The van der Waals surface area contributed by atoms with Gasteiger partial charge in [-0.25, -0.2) is 0 Å². The SMILES string of the molecule is CCCCCCCCC/C=C\CCCCCCCCCC(=O)OCCCCCCCCCCCCC/C=C\CCCCCCCCCC(=O)NC(CO)C(O)/C=C/CCCCCCCCCCCCCCCCCCC. The van der Waals surface area contributed by atoms with Gasteiger partial charge in [0.2, 0.25) is 5.91 Å². The highest BCUT2D eigenvalue weighted by atomic mass is 16.5. The van der Waals surface area contributed by atoms with Gasteiger partial charge < -0.3 is 20.3 Å². The van der Waals surface area contributed by atoms with Gasteiger partial charge in [-0.3, -0.25) is 9.59 Å². The van der Waals surface area contributed by atoms with Crippen LogP contribution in [-0.2, 0) is 14.3 Å². The Balaban J connectivity index is 3.43. The van der Waals surface area contributed by atoms with E-state index in [1.165, 1.54) is 295 Å². The number of carbonyl (C=O) groups excluding carboxylic acids is 2. The number of hydrogen-bond acceptors (Lipinski definition) is 5. The molecule has 0 aliphatic rings. The summed E-state index contributed by atoms with van der Waals surface area (Å²) in [5, 5.41) is 23.2. The maximum absolute atomic E-state index is 12.5. The molecule has 6 nitrogen and oxygen atoms in total. The summed E-state index contributed by atoms with van der Waals surface area (Å²) in [7, 11) is 0. The van der Waals surface area contributed by atoms with Crippen LogP contribution in [0.3, 0.4) is 0 Å². The zero-order valence-corrected chi connectivity index (χ0v) is 51.3. The molecule has 0 aromatic heterocycles. The van der Waals surface area contributed by atoms with Crippen molar-refractivity contribution < 1.29 is 24.5 Å². The molecule has 3 N–H and O–H groups in total. The van der Waals surface area contributed by atoms with Crippen LogP contribution in [0.1, 0.15) is 373 Å². The highest BCUT2D eigenvalue weighted by Crippen LogP contribution is 2.18. The second kappa shape index (κ2) is 65.6. The van der Waals surface area contributed by atoms with E-state index in [1.807, 2.05) is 6.08 Å². The van der Waals surface area contributed by atoms with Gasteiger partial charge in [-0.05, 0) is 83.5 Å². The fraction of sp³-hybridized carbons (Fsp3) is 0.886. The number of unbranched alkanes of at least 4 members (excludes halogenated alkanes) is 49. The lowest BCUT2D eigenvalue weighted by molar-refractivity contribution is -0.143. The van der Waals surface area contributed by atoms with E-state index in [9.17, 15) is 19.8 Å². The number of ether oxygens (including phenoxy) is 1. The Bertz CT molecular complexity index is 1230. The largest absolute Gasteiger partial charge is 0.466 e. The molecule has 2 unspecified atom stereocenters. The second-order valence-corrected chi connectivity index (χ2v) is 23.5. The van der Waals surface area contributed by atoms with Crippen LogP contribution in [0.25, 0.3) is 0 Å². The molecule has 0 aromatic carbocycles. The first-order valence-electron chi connectivity index (χ1n) is 34.3. The summed E-state index contributed by atoms with van der Waals surface area (Å²) >= 11 is 0. The third kappa shape index (κ3) is 61.3. The van der Waals surface area contributed by atoms with Gasteiger partial charge in [-0.1, -0.05) is 314 Å². The lowest BCUT2D eigenvalue weighted by Crippen LogP contribution is -2.45. The smallest absolute Gasteiger partial charge is 0.305 e. The molecular weight excluding hydrogens is 935 g/mol. The number of amides is 1. The minimum atomic E-state index is -0.850. The standard InChI is InChI=1S/C70H133NO5/c1-3-5-7-9-11-13-15-17-19-21-27-30-34-38-42-46-50-54-58-62-68(73)67(66-72)71-69(74)63-59-55-51-47-43-39-35-31-28-25-23-24-26-29-33-37-41-45-49-53-57-61-65-76-70(75)64-60-56-52-48-44-40-36-32-22-20-18-16-14-12-10-8-6-4-2/h20,22,25,28,58,62,67-68,72-73H,3-19,21,23-24,26-27,29-57,59-61,63-66H2,1-2H3,(H,71,74)/b22-20-,28-25-,62-58+. The van der Waals surface area contributed by atoms with Crippen molar-refractivity contribution in [2.24, 2.45) is 0 Å². The minimum Gasteiger partial charge on any atom is -0.466 e. The molecule has 0 fully saturated rings.